The highest BCUT2D eigenvalue weighted by atomic mass is 35.5. The van der Waals surface area contributed by atoms with Crippen LogP contribution in [0.15, 0.2) is 30.7 Å². The Morgan fingerprint density at radius 3 is 2.59 bits per heavy atom. The zero-order valence-electron chi connectivity index (χ0n) is 19.7. The molecule has 3 aromatic heterocycles. The van der Waals surface area contributed by atoms with Gasteiger partial charge in [0.25, 0.3) is 5.95 Å². The molecule has 1 aliphatic rings. The molecule has 0 radical (unpaired) electrons. The number of nitrogens with one attached hydrogen (secondary N) is 1. The predicted molar refractivity (Wildman–Crippen MR) is 137 cm³/mol. The summed E-state index contributed by atoms with van der Waals surface area (Å²) in [6.07, 6.45) is 5.05. The number of carboxylic acid groups (broad SMARTS) is 1. The third-order valence-corrected chi connectivity index (χ3v) is 6.04. The van der Waals surface area contributed by atoms with E-state index >= 15 is 4.39 Å². The van der Waals surface area contributed by atoms with Crippen molar-refractivity contribution in [2.75, 3.05) is 23.3 Å². The van der Waals surface area contributed by atoms with Crippen LogP contribution in [0.4, 0.5) is 26.2 Å². The molecule has 2 N–H and O–H groups in total. The van der Waals surface area contributed by atoms with Crippen LogP contribution in [0.1, 0.15) is 42.6 Å². The Morgan fingerprint density at radius 1 is 1.16 bits per heavy atom. The molecule has 1 fully saturated rings. The van der Waals surface area contributed by atoms with Crippen molar-refractivity contribution >= 4 is 59.3 Å². The van der Waals surface area contributed by atoms with Crippen LogP contribution in [-0.4, -0.2) is 58.9 Å². The molecule has 0 spiro atoms. The molecule has 37 heavy (non-hydrogen) atoms. The summed E-state index contributed by atoms with van der Waals surface area (Å²) in [5.74, 6) is -1.87. The number of rotatable bonds is 7. The van der Waals surface area contributed by atoms with Gasteiger partial charge < -0.3 is 19.9 Å². The van der Waals surface area contributed by atoms with E-state index < -0.39 is 17.6 Å². The monoisotopic (exact) mass is 555 g/mol. The number of nitrogens with zero attached hydrogens (tertiary/aromatic N) is 8. The molecule has 0 unspecified atom stereocenters. The van der Waals surface area contributed by atoms with Gasteiger partial charge in [0.1, 0.15) is 23.6 Å². The predicted octanol–water partition coefficient (Wildman–Crippen LogP) is 4.23. The maximum absolute atomic E-state index is 15.1. The molecule has 0 atom stereocenters. The van der Waals surface area contributed by atoms with Crippen LogP contribution in [0.25, 0.3) is 11.0 Å². The van der Waals surface area contributed by atoms with Crippen LogP contribution < -0.4 is 10.2 Å². The van der Waals surface area contributed by atoms with Crippen LogP contribution in [0.3, 0.4) is 0 Å². The van der Waals surface area contributed by atoms with Crippen molar-refractivity contribution < 1.29 is 18.7 Å². The Morgan fingerprint density at radius 2 is 1.92 bits per heavy atom. The number of benzene rings is 1. The van der Waals surface area contributed by atoms with Crippen molar-refractivity contribution in [3.05, 3.63) is 47.9 Å². The minimum absolute atomic E-state index is 0. The van der Waals surface area contributed by atoms with Gasteiger partial charge in [-0.3, -0.25) is 0 Å². The standard InChI is InChI=1S/C22H23F2N9O2.2ClH/c1-2-7-33-29-22(28-30-33)31-8-5-14(6-9-31)32-11-16(24)18-19(25-12-26-20(18)32)27-17-4-3-13(21(34)35)10-15(17)23;;/h3-4,10-12,14H,2,5-9H2,1H3,(H,34,35)(H,25,26,27);2*1H. The van der Waals surface area contributed by atoms with Gasteiger partial charge in [0.05, 0.1) is 23.2 Å². The van der Waals surface area contributed by atoms with Crippen molar-refractivity contribution in [3.63, 3.8) is 0 Å². The number of piperidine rings is 1. The lowest BCUT2D eigenvalue weighted by molar-refractivity contribution is 0.0696. The SMILES string of the molecule is CCCn1nnc(N2CCC(n3cc(F)c4c(Nc5ccc(C(=O)O)cc5F)ncnc43)CC2)n1.Cl.Cl. The Kier molecular flexibility index (Phi) is 8.81. The molecular formula is C22H25Cl2F2N9O2. The van der Waals surface area contributed by atoms with Crippen LogP contribution >= 0.6 is 24.8 Å². The van der Waals surface area contributed by atoms with Crippen LogP contribution in [0, 0.1) is 11.6 Å². The van der Waals surface area contributed by atoms with Gasteiger partial charge in [-0.15, -0.1) is 29.9 Å². The molecule has 15 heteroatoms. The molecule has 198 valence electrons. The average Bonchev–Trinajstić information content (AvgIpc) is 3.46. The third-order valence-electron chi connectivity index (χ3n) is 6.04. The van der Waals surface area contributed by atoms with E-state index in [0.29, 0.717) is 31.2 Å². The molecule has 4 aromatic rings. The number of carboxylic acids is 1. The van der Waals surface area contributed by atoms with Gasteiger partial charge in [-0.25, -0.2) is 23.5 Å². The highest BCUT2D eigenvalue weighted by molar-refractivity contribution is 5.91. The van der Waals surface area contributed by atoms with Gasteiger partial charge in [-0.05, 0) is 42.7 Å². The maximum Gasteiger partial charge on any atom is 0.335 e. The molecule has 5 rings (SSSR count). The normalized spacial score (nSPS) is 13.8. The molecular weight excluding hydrogens is 531 g/mol. The summed E-state index contributed by atoms with van der Waals surface area (Å²) in [4.78, 5) is 23.1. The largest absolute Gasteiger partial charge is 0.478 e. The maximum atomic E-state index is 15.1. The van der Waals surface area contributed by atoms with Gasteiger partial charge in [0.2, 0.25) is 0 Å². The molecule has 0 amide bonds. The molecule has 11 nitrogen and oxygen atoms in total. The summed E-state index contributed by atoms with van der Waals surface area (Å²) in [6.45, 7) is 4.12. The van der Waals surface area contributed by atoms with Crippen molar-refractivity contribution in [2.45, 2.75) is 38.8 Å². The second kappa shape index (κ2) is 11.6. The summed E-state index contributed by atoms with van der Waals surface area (Å²) in [5.41, 5.74) is 0.194. The summed E-state index contributed by atoms with van der Waals surface area (Å²) in [6, 6.07) is 3.44. The Hall–Kier alpha value is -3.58. The lowest BCUT2D eigenvalue weighted by atomic mass is 10.1. The number of hydrogen-bond acceptors (Lipinski definition) is 8. The highest BCUT2D eigenvalue weighted by Gasteiger charge is 2.26. The molecule has 1 aliphatic heterocycles. The van der Waals surface area contributed by atoms with E-state index in [-0.39, 0.29) is 53.3 Å². The lowest BCUT2D eigenvalue weighted by Crippen LogP contribution is -2.35. The Labute approximate surface area is 222 Å². The number of aryl methyl sites for hydroxylation is 1. The van der Waals surface area contributed by atoms with Gasteiger partial charge in [0, 0.05) is 25.3 Å². The summed E-state index contributed by atoms with van der Waals surface area (Å²) in [5, 5.41) is 24.5. The fourth-order valence-electron chi connectivity index (χ4n) is 4.29. The second-order valence-electron chi connectivity index (χ2n) is 8.33. The number of carbonyl (C=O) groups is 1. The molecule has 4 heterocycles. The molecule has 1 aromatic carbocycles. The quantitative estimate of drug-likeness (QED) is 0.344. The number of fused-ring (bicyclic) bond motifs is 1. The minimum atomic E-state index is -1.24. The van der Waals surface area contributed by atoms with Crippen molar-refractivity contribution in [1.82, 2.24) is 34.7 Å². The first kappa shape index (κ1) is 28.0. The van der Waals surface area contributed by atoms with Gasteiger partial charge in [0.15, 0.2) is 5.82 Å². The van der Waals surface area contributed by atoms with E-state index in [1.165, 1.54) is 24.7 Å². The summed E-state index contributed by atoms with van der Waals surface area (Å²) >= 11 is 0. The first-order valence-corrected chi connectivity index (χ1v) is 11.3. The fourth-order valence-corrected chi connectivity index (χ4v) is 4.29. The zero-order chi connectivity index (χ0) is 24.5. The molecule has 0 saturated carbocycles. The first-order valence-electron chi connectivity index (χ1n) is 11.3. The van der Waals surface area contributed by atoms with E-state index in [1.807, 2.05) is 6.92 Å². The number of hydrogen-bond donors (Lipinski definition) is 2. The lowest BCUT2D eigenvalue weighted by Gasteiger charge is -2.31. The van der Waals surface area contributed by atoms with Crippen LogP contribution in [0.5, 0.6) is 0 Å². The molecule has 0 bridgehead atoms. The van der Waals surface area contributed by atoms with Gasteiger partial charge in [-0.1, -0.05) is 12.0 Å². The van der Waals surface area contributed by atoms with E-state index in [1.54, 1.807) is 9.36 Å². The first-order chi connectivity index (χ1) is 16.9. The van der Waals surface area contributed by atoms with Gasteiger partial charge in [-0.2, -0.15) is 4.80 Å². The number of aromatic nitrogens is 7. The van der Waals surface area contributed by atoms with E-state index in [9.17, 15) is 9.18 Å². The Bertz CT molecular complexity index is 1390. The fraction of sp³-hybridized carbons (Fsp3) is 0.364. The van der Waals surface area contributed by atoms with Crippen LogP contribution in [-0.2, 0) is 6.54 Å². The van der Waals surface area contributed by atoms with Crippen molar-refractivity contribution in [1.29, 1.82) is 0 Å². The number of tetrazole rings is 1. The summed E-state index contributed by atoms with van der Waals surface area (Å²) < 4.78 is 31.3. The van der Waals surface area contributed by atoms with E-state index in [4.69, 9.17) is 5.11 Å². The smallest absolute Gasteiger partial charge is 0.335 e. The number of aromatic carboxylic acids is 1. The highest BCUT2D eigenvalue weighted by Crippen LogP contribution is 2.33. The number of halogens is 4. The summed E-state index contributed by atoms with van der Waals surface area (Å²) in [7, 11) is 0. The van der Waals surface area contributed by atoms with Crippen molar-refractivity contribution in [3.8, 4) is 0 Å². The van der Waals surface area contributed by atoms with E-state index in [0.717, 1.165) is 25.3 Å². The minimum Gasteiger partial charge on any atom is -0.478 e. The number of anilines is 3. The van der Waals surface area contributed by atoms with Crippen molar-refractivity contribution in [2.24, 2.45) is 0 Å². The Balaban J connectivity index is 0.00000190. The third kappa shape index (κ3) is 5.57. The zero-order valence-corrected chi connectivity index (χ0v) is 21.3. The van der Waals surface area contributed by atoms with Gasteiger partial charge >= 0.3 is 5.97 Å². The topological polar surface area (TPSA) is 127 Å². The molecule has 1 saturated heterocycles. The molecule has 0 aliphatic carbocycles. The second-order valence-corrected chi connectivity index (χ2v) is 8.33. The van der Waals surface area contributed by atoms with E-state index in [2.05, 4.69) is 35.6 Å². The van der Waals surface area contributed by atoms with Crippen LogP contribution in [0.2, 0.25) is 0 Å². The average molecular weight is 556 g/mol.